The third kappa shape index (κ3) is 5.45. The van der Waals surface area contributed by atoms with Gasteiger partial charge in [0.25, 0.3) is 0 Å². The number of carboxylic acid groups (broad SMARTS) is 1. The Hall–Kier alpha value is -3.39. The Bertz CT molecular complexity index is 946. The van der Waals surface area contributed by atoms with Crippen molar-refractivity contribution in [3.8, 4) is 11.1 Å². The third-order valence-electron chi connectivity index (χ3n) is 5.51. The van der Waals surface area contributed by atoms with E-state index in [1.165, 1.54) is 0 Å². The van der Waals surface area contributed by atoms with Crippen LogP contribution >= 0.6 is 0 Å². The number of rotatable bonds is 9. The van der Waals surface area contributed by atoms with Crippen LogP contribution in [0.1, 0.15) is 24.0 Å². The van der Waals surface area contributed by atoms with Crippen molar-refractivity contribution in [3.05, 3.63) is 59.7 Å². The topological polar surface area (TPSA) is 108 Å². The van der Waals surface area contributed by atoms with Gasteiger partial charge in [-0.2, -0.15) is 0 Å². The molecule has 8 heteroatoms. The fourth-order valence-electron chi connectivity index (χ4n) is 3.84. The molecule has 0 aromatic heterocycles. The number of alkyl carbamates (subject to hydrolysis) is 1. The van der Waals surface area contributed by atoms with Crippen LogP contribution in [0.4, 0.5) is 4.79 Å². The zero-order valence-corrected chi connectivity index (χ0v) is 18.5. The zero-order chi connectivity index (χ0) is 23.3. The average Bonchev–Trinajstić information content (AvgIpc) is 3.09. The largest absolute Gasteiger partial charge is 0.480 e. The van der Waals surface area contributed by atoms with Gasteiger partial charge in [0.15, 0.2) is 0 Å². The predicted octanol–water partition coefficient (Wildman–Crippen LogP) is 2.29. The first-order valence-corrected chi connectivity index (χ1v) is 10.5. The molecule has 0 radical (unpaired) electrons. The maximum atomic E-state index is 12.3. The van der Waals surface area contributed by atoms with Crippen molar-refractivity contribution in [2.75, 3.05) is 33.8 Å². The molecular weight excluding hydrogens is 410 g/mol. The Morgan fingerprint density at radius 2 is 1.59 bits per heavy atom. The molecule has 3 rings (SSSR count). The Labute approximate surface area is 187 Å². The van der Waals surface area contributed by atoms with E-state index in [0.29, 0.717) is 0 Å². The lowest BCUT2D eigenvalue weighted by Crippen LogP contribution is -2.49. The number of carbonyl (C=O) groups excluding carboxylic acids is 2. The zero-order valence-electron chi connectivity index (χ0n) is 18.5. The van der Waals surface area contributed by atoms with Gasteiger partial charge in [-0.25, -0.2) is 9.59 Å². The summed E-state index contributed by atoms with van der Waals surface area (Å²) < 4.78 is 5.46. The summed E-state index contributed by atoms with van der Waals surface area (Å²) in [6.45, 7) is 2.02. The minimum absolute atomic E-state index is 0.0385. The molecule has 2 atom stereocenters. The van der Waals surface area contributed by atoms with Crippen molar-refractivity contribution in [1.82, 2.24) is 15.5 Å². The molecule has 3 N–H and O–H groups in total. The Kier molecular flexibility index (Phi) is 7.48. The Morgan fingerprint density at radius 3 is 2.12 bits per heavy atom. The Morgan fingerprint density at radius 1 is 1.03 bits per heavy atom. The lowest BCUT2D eigenvalue weighted by Gasteiger charge is -2.21. The molecular formula is C24H29N3O5. The van der Waals surface area contributed by atoms with Crippen LogP contribution in [0.25, 0.3) is 11.1 Å². The number of carboxylic acids is 1. The molecule has 0 fully saturated rings. The Balaban J connectivity index is 1.51. The number of carbonyl (C=O) groups is 3. The number of nitrogens with zero attached hydrogens (tertiary/aromatic N) is 1. The molecule has 0 saturated carbocycles. The number of hydrogen-bond acceptors (Lipinski definition) is 5. The van der Waals surface area contributed by atoms with E-state index in [4.69, 9.17) is 4.74 Å². The van der Waals surface area contributed by atoms with E-state index in [9.17, 15) is 19.5 Å². The first-order chi connectivity index (χ1) is 15.3. The van der Waals surface area contributed by atoms with Gasteiger partial charge in [-0.05, 0) is 36.3 Å². The van der Waals surface area contributed by atoms with Gasteiger partial charge in [-0.15, -0.1) is 0 Å². The predicted molar refractivity (Wildman–Crippen MR) is 120 cm³/mol. The smallest absolute Gasteiger partial charge is 0.407 e. The van der Waals surface area contributed by atoms with Crippen molar-refractivity contribution >= 4 is 18.0 Å². The molecule has 0 aliphatic heterocycles. The first kappa shape index (κ1) is 23.3. The van der Waals surface area contributed by atoms with Crippen molar-refractivity contribution in [1.29, 1.82) is 0 Å². The van der Waals surface area contributed by atoms with Gasteiger partial charge in [-0.3, -0.25) is 4.79 Å². The molecule has 1 unspecified atom stereocenters. The van der Waals surface area contributed by atoms with E-state index >= 15 is 0 Å². The monoisotopic (exact) mass is 439 g/mol. The van der Waals surface area contributed by atoms with Crippen LogP contribution in [0.15, 0.2) is 48.5 Å². The van der Waals surface area contributed by atoms with Gasteiger partial charge in [0.2, 0.25) is 5.91 Å². The standard InChI is InChI=1S/C24H29N3O5/c1-15(22(28)26-21(23(29)30)13-27(2)3)12-25-24(31)32-14-20-18-10-6-4-8-16(18)17-9-5-7-11-19(17)20/h4-11,15,20-21H,12-14H2,1-3H3,(H,25,31)(H,26,28)(H,29,30)/t15?,21-/m0/s1. The number of aliphatic carboxylic acids is 1. The highest BCUT2D eigenvalue weighted by atomic mass is 16.5. The summed E-state index contributed by atoms with van der Waals surface area (Å²) >= 11 is 0. The first-order valence-electron chi connectivity index (χ1n) is 10.5. The molecule has 0 bridgehead atoms. The third-order valence-corrected chi connectivity index (χ3v) is 5.51. The summed E-state index contributed by atoms with van der Waals surface area (Å²) in [4.78, 5) is 37.6. The van der Waals surface area contributed by atoms with Gasteiger partial charge >= 0.3 is 12.1 Å². The van der Waals surface area contributed by atoms with Crippen LogP contribution < -0.4 is 10.6 Å². The maximum Gasteiger partial charge on any atom is 0.407 e. The summed E-state index contributed by atoms with van der Waals surface area (Å²) in [7, 11) is 3.45. The number of ether oxygens (including phenoxy) is 1. The summed E-state index contributed by atoms with van der Waals surface area (Å²) in [5.74, 6) is -2.21. The van der Waals surface area contributed by atoms with Crippen LogP contribution in [0.5, 0.6) is 0 Å². The number of fused-ring (bicyclic) bond motifs is 3. The van der Waals surface area contributed by atoms with Crippen molar-refractivity contribution in [3.63, 3.8) is 0 Å². The number of amides is 2. The fourth-order valence-corrected chi connectivity index (χ4v) is 3.84. The van der Waals surface area contributed by atoms with Crippen molar-refractivity contribution in [2.45, 2.75) is 18.9 Å². The van der Waals surface area contributed by atoms with Gasteiger partial charge in [-0.1, -0.05) is 55.5 Å². The second-order valence-electron chi connectivity index (χ2n) is 8.27. The molecule has 0 heterocycles. The summed E-state index contributed by atoms with van der Waals surface area (Å²) in [6.07, 6.45) is -0.616. The highest BCUT2D eigenvalue weighted by molar-refractivity contribution is 5.85. The fraction of sp³-hybridized carbons (Fsp3) is 0.375. The van der Waals surface area contributed by atoms with Crippen LogP contribution in [-0.4, -0.2) is 67.8 Å². The molecule has 170 valence electrons. The number of benzene rings is 2. The number of nitrogens with one attached hydrogen (secondary N) is 2. The van der Waals surface area contributed by atoms with Crippen molar-refractivity contribution < 1.29 is 24.2 Å². The van der Waals surface area contributed by atoms with Gasteiger partial charge in [0.05, 0.1) is 5.92 Å². The van der Waals surface area contributed by atoms with E-state index < -0.39 is 29.9 Å². The highest BCUT2D eigenvalue weighted by Gasteiger charge is 2.29. The van der Waals surface area contributed by atoms with Crippen LogP contribution in [-0.2, 0) is 14.3 Å². The van der Waals surface area contributed by atoms with Gasteiger partial charge < -0.3 is 25.4 Å². The normalized spacial score (nSPS) is 14.2. The maximum absolute atomic E-state index is 12.3. The molecule has 2 aromatic rings. The van der Waals surface area contributed by atoms with E-state index in [-0.39, 0.29) is 25.6 Å². The molecule has 1 aliphatic rings. The molecule has 0 spiro atoms. The van der Waals surface area contributed by atoms with E-state index in [1.54, 1.807) is 25.9 Å². The molecule has 32 heavy (non-hydrogen) atoms. The number of likely N-dealkylation sites (N-methyl/N-ethyl adjacent to an activating group) is 1. The lowest BCUT2D eigenvalue weighted by atomic mass is 9.98. The minimum atomic E-state index is -1.11. The van der Waals surface area contributed by atoms with Crippen LogP contribution in [0, 0.1) is 5.92 Å². The lowest BCUT2D eigenvalue weighted by molar-refractivity contribution is -0.142. The second kappa shape index (κ2) is 10.3. The average molecular weight is 440 g/mol. The van der Waals surface area contributed by atoms with E-state index in [0.717, 1.165) is 22.3 Å². The summed E-state index contributed by atoms with van der Waals surface area (Å²) in [5, 5.41) is 14.3. The number of hydrogen-bond donors (Lipinski definition) is 3. The van der Waals surface area contributed by atoms with E-state index in [2.05, 4.69) is 22.8 Å². The van der Waals surface area contributed by atoms with Gasteiger partial charge in [0, 0.05) is 19.0 Å². The van der Waals surface area contributed by atoms with E-state index in [1.807, 2.05) is 36.4 Å². The quantitative estimate of drug-likeness (QED) is 0.553. The SMILES string of the molecule is CC(CNC(=O)OCC1c2ccccc2-c2ccccc21)C(=O)N[C@@H](CN(C)C)C(=O)O. The molecule has 8 nitrogen and oxygen atoms in total. The van der Waals surface area contributed by atoms with Crippen LogP contribution in [0.3, 0.4) is 0 Å². The van der Waals surface area contributed by atoms with Crippen molar-refractivity contribution in [2.24, 2.45) is 5.92 Å². The van der Waals surface area contributed by atoms with Gasteiger partial charge in [0.1, 0.15) is 12.6 Å². The summed E-state index contributed by atoms with van der Waals surface area (Å²) in [6, 6.07) is 15.1. The molecule has 2 amide bonds. The second-order valence-corrected chi connectivity index (χ2v) is 8.27. The molecule has 2 aromatic carbocycles. The molecule has 1 aliphatic carbocycles. The van der Waals surface area contributed by atoms with Crippen LogP contribution in [0.2, 0.25) is 0 Å². The summed E-state index contributed by atoms with van der Waals surface area (Å²) in [5.41, 5.74) is 4.53. The molecule has 0 saturated heterocycles. The minimum Gasteiger partial charge on any atom is -0.480 e. The highest BCUT2D eigenvalue weighted by Crippen LogP contribution is 2.44.